The number of carbonyl (C=O) groups is 2. The van der Waals surface area contributed by atoms with E-state index in [1.54, 1.807) is 0 Å². The molecule has 4 fully saturated rings. The van der Waals surface area contributed by atoms with Crippen LogP contribution < -0.4 is 0 Å². The Hall–Kier alpha value is -2.32. The molecule has 1 aromatic rings. The van der Waals surface area contributed by atoms with Crippen LogP contribution in [0.4, 0.5) is 9.59 Å². The topological polar surface area (TPSA) is 71.5 Å². The highest BCUT2D eigenvalue weighted by molar-refractivity contribution is 5.68. The minimum absolute atomic E-state index is 0.189. The Balaban J connectivity index is 0.948. The molecular formula is C29H43N3O5. The summed E-state index contributed by atoms with van der Waals surface area (Å²) < 4.78 is 17.4. The van der Waals surface area contributed by atoms with Crippen LogP contribution in [0.25, 0.3) is 0 Å². The molecule has 2 amide bonds. The van der Waals surface area contributed by atoms with Crippen molar-refractivity contribution in [3.63, 3.8) is 0 Å². The van der Waals surface area contributed by atoms with E-state index in [0.717, 1.165) is 70.3 Å². The Labute approximate surface area is 221 Å². The molecular weight excluding hydrogens is 470 g/mol. The fourth-order valence-electron chi connectivity index (χ4n) is 6.08. The first-order valence-corrected chi connectivity index (χ1v) is 14.0. The standard InChI is InChI=1S/C29H43N3O5/c1-28(2,3)37-27(34)30-13-9-24(10-14-30)36-25-17-23(18-25)32-20-29(21-32)11-15-31(16-12-29)26(33)35-19-22-7-5-4-6-8-22/h4-8,23-25H,9-21H2,1-3H3. The third kappa shape index (κ3) is 6.58. The van der Waals surface area contributed by atoms with Gasteiger partial charge in [0.15, 0.2) is 0 Å². The molecule has 8 nitrogen and oxygen atoms in total. The highest BCUT2D eigenvalue weighted by atomic mass is 16.6. The molecule has 3 saturated heterocycles. The van der Waals surface area contributed by atoms with Gasteiger partial charge in [-0.1, -0.05) is 30.3 Å². The maximum absolute atomic E-state index is 12.5. The molecule has 1 saturated carbocycles. The number of rotatable bonds is 5. The van der Waals surface area contributed by atoms with Crippen molar-refractivity contribution in [1.82, 2.24) is 14.7 Å². The van der Waals surface area contributed by atoms with Gasteiger partial charge in [0.25, 0.3) is 0 Å². The maximum atomic E-state index is 12.5. The summed E-state index contributed by atoms with van der Waals surface area (Å²) in [4.78, 5) is 31.0. The van der Waals surface area contributed by atoms with Crippen LogP contribution in [-0.4, -0.2) is 90.0 Å². The number of nitrogens with zero attached hydrogens (tertiary/aromatic N) is 3. The van der Waals surface area contributed by atoms with Crippen LogP contribution in [0.15, 0.2) is 30.3 Å². The lowest BCUT2D eigenvalue weighted by Crippen LogP contribution is -2.66. The van der Waals surface area contributed by atoms with Crippen molar-refractivity contribution in [2.45, 2.75) is 89.8 Å². The lowest BCUT2D eigenvalue weighted by Gasteiger charge is -2.59. The molecule has 37 heavy (non-hydrogen) atoms. The second kappa shape index (κ2) is 10.8. The average molecular weight is 514 g/mol. The quantitative estimate of drug-likeness (QED) is 0.570. The van der Waals surface area contributed by atoms with Crippen molar-refractivity contribution >= 4 is 12.2 Å². The van der Waals surface area contributed by atoms with Crippen molar-refractivity contribution in [1.29, 1.82) is 0 Å². The SMILES string of the molecule is CC(C)(C)OC(=O)N1CCC(OC2CC(N3CC4(CCN(C(=O)OCc5ccccc5)CC4)C3)C2)CC1. The highest BCUT2D eigenvalue weighted by Crippen LogP contribution is 2.45. The number of carbonyl (C=O) groups excluding carboxylic acids is 2. The molecule has 204 valence electrons. The molecule has 0 N–H and O–H groups in total. The van der Waals surface area contributed by atoms with Gasteiger partial charge in [-0.3, -0.25) is 4.90 Å². The molecule has 0 atom stereocenters. The molecule has 0 radical (unpaired) electrons. The van der Waals surface area contributed by atoms with Gasteiger partial charge in [0.1, 0.15) is 12.2 Å². The molecule has 0 bridgehead atoms. The van der Waals surface area contributed by atoms with Gasteiger partial charge in [-0.25, -0.2) is 9.59 Å². The fourth-order valence-corrected chi connectivity index (χ4v) is 6.08. The fraction of sp³-hybridized carbons (Fsp3) is 0.724. The minimum atomic E-state index is -0.452. The Morgan fingerprint density at radius 3 is 2.14 bits per heavy atom. The number of hydrogen-bond donors (Lipinski definition) is 0. The summed E-state index contributed by atoms with van der Waals surface area (Å²) in [7, 11) is 0. The summed E-state index contributed by atoms with van der Waals surface area (Å²) in [5.74, 6) is 0. The van der Waals surface area contributed by atoms with Crippen LogP contribution in [-0.2, 0) is 20.8 Å². The van der Waals surface area contributed by atoms with Crippen LogP contribution in [0.2, 0.25) is 0 Å². The third-order valence-corrected chi connectivity index (χ3v) is 8.43. The minimum Gasteiger partial charge on any atom is -0.445 e. The van der Waals surface area contributed by atoms with Gasteiger partial charge in [-0.2, -0.15) is 0 Å². The predicted octanol–water partition coefficient (Wildman–Crippen LogP) is 4.67. The summed E-state index contributed by atoms with van der Waals surface area (Å²) in [6, 6.07) is 10.5. The number of piperidine rings is 2. The van der Waals surface area contributed by atoms with E-state index in [2.05, 4.69) is 4.90 Å². The number of hydrogen-bond acceptors (Lipinski definition) is 6. The number of benzene rings is 1. The third-order valence-electron chi connectivity index (χ3n) is 8.43. The normalized spacial score (nSPS) is 26.4. The van der Waals surface area contributed by atoms with Crippen LogP contribution >= 0.6 is 0 Å². The zero-order chi connectivity index (χ0) is 26.0. The smallest absolute Gasteiger partial charge is 0.410 e. The lowest BCUT2D eigenvalue weighted by molar-refractivity contribution is -0.143. The molecule has 1 aliphatic carbocycles. The van der Waals surface area contributed by atoms with Crippen molar-refractivity contribution in [2.24, 2.45) is 5.41 Å². The van der Waals surface area contributed by atoms with Crippen molar-refractivity contribution < 1.29 is 23.8 Å². The Bertz CT molecular complexity index is 919. The summed E-state index contributed by atoms with van der Waals surface area (Å²) in [5, 5.41) is 0. The molecule has 8 heteroatoms. The van der Waals surface area contributed by atoms with Crippen molar-refractivity contribution in [3.05, 3.63) is 35.9 Å². The molecule has 3 aliphatic heterocycles. The predicted molar refractivity (Wildman–Crippen MR) is 140 cm³/mol. The first-order chi connectivity index (χ1) is 17.7. The second-order valence-electron chi connectivity index (χ2n) is 12.5. The van der Waals surface area contributed by atoms with Gasteiger partial charge in [-0.05, 0) is 70.3 Å². The maximum Gasteiger partial charge on any atom is 0.410 e. The first kappa shape index (κ1) is 26.3. The zero-order valence-electron chi connectivity index (χ0n) is 22.7. The van der Waals surface area contributed by atoms with E-state index < -0.39 is 5.60 Å². The largest absolute Gasteiger partial charge is 0.445 e. The molecule has 5 rings (SSSR count). The van der Waals surface area contributed by atoms with E-state index in [0.29, 0.717) is 37.3 Å². The van der Waals surface area contributed by atoms with Gasteiger partial charge in [0.05, 0.1) is 12.2 Å². The highest BCUT2D eigenvalue weighted by Gasteiger charge is 2.50. The van der Waals surface area contributed by atoms with Crippen molar-refractivity contribution in [3.8, 4) is 0 Å². The van der Waals surface area contributed by atoms with E-state index in [-0.39, 0.29) is 18.3 Å². The Kier molecular flexibility index (Phi) is 7.68. The zero-order valence-corrected chi connectivity index (χ0v) is 22.7. The van der Waals surface area contributed by atoms with Crippen LogP contribution in [0.3, 0.4) is 0 Å². The first-order valence-electron chi connectivity index (χ1n) is 14.0. The summed E-state index contributed by atoms with van der Waals surface area (Å²) in [6.45, 7) is 11.3. The van der Waals surface area contributed by atoms with Crippen molar-refractivity contribution in [2.75, 3.05) is 39.3 Å². The van der Waals surface area contributed by atoms with Gasteiger partial charge in [0, 0.05) is 45.3 Å². The van der Waals surface area contributed by atoms with E-state index in [9.17, 15) is 9.59 Å². The van der Waals surface area contributed by atoms with Gasteiger partial charge in [0.2, 0.25) is 0 Å². The lowest BCUT2D eigenvalue weighted by atomic mass is 9.69. The molecule has 3 heterocycles. The summed E-state index contributed by atoms with van der Waals surface area (Å²) >= 11 is 0. The Morgan fingerprint density at radius 2 is 1.51 bits per heavy atom. The van der Waals surface area contributed by atoms with E-state index in [1.807, 2.05) is 60.9 Å². The number of ether oxygens (including phenoxy) is 3. The number of likely N-dealkylation sites (tertiary alicyclic amines) is 3. The van der Waals surface area contributed by atoms with E-state index >= 15 is 0 Å². The van der Waals surface area contributed by atoms with Gasteiger partial charge < -0.3 is 24.0 Å². The van der Waals surface area contributed by atoms with Gasteiger partial charge in [-0.15, -0.1) is 0 Å². The summed E-state index contributed by atoms with van der Waals surface area (Å²) in [6.07, 6.45) is 6.32. The molecule has 1 spiro atoms. The van der Waals surface area contributed by atoms with Gasteiger partial charge >= 0.3 is 12.2 Å². The molecule has 0 unspecified atom stereocenters. The molecule has 4 aliphatic rings. The monoisotopic (exact) mass is 513 g/mol. The van der Waals surface area contributed by atoms with Crippen LogP contribution in [0.1, 0.15) is 64.9 Å². The average Bonchev–Trinajstić information content (AvgIpc) is 2.83. The number of amides is 2. The second-order valence-corrected chi connectivity index (χ2v) is 12.5. The molecule has 0 aromatic heterocycles. The van der Waals surface area contributed by atoms with Crippen LogP contribution in [0.5, 0.6) is 0 Å². The summed E-state index contributed by atoms with van der Waals surface area (Å²) in [5.41, 5.74) is 0.941. The van der Waals surface area contributed by atoms with E-state index in [4.69, 9.17) is 14.2 Å². The van der Waals surface area contributed by atoms with E-state index in [1.165, 1.54) is 0 Å². The Morgan fingerprint density at radius 1 is 0.892 bits per heavy atom. The van der Waals surface area contributed by atoms with Crippen LogP contribution in [0, 0.1) is 5.41 Å². The molecule has 1 aromatic carbocycles.